The van der Waals surface area contributed by atoms with Crippen molar-refractivity contribution in [2.45, 2.75) is 26.4 Å². The third kappa shape index (κ3) is 4.09. The summed E-state index contributed by atoms with van der Waals surface area (Å²) < 4.78 is 31.1. The third-order valence-electron chi connectivity index (χ3n) is 5.05. The minimum absolute atomic E-state index is 0.116. The van der Waals surface area contributed by atoms with E-state index in [1.54, 1.807) is 18.2 Å². The Morgan fingerprint density at radius 3 is 2.68 bits per heavy atom. The first kappa shape index (κ1) is 21.2. The Kier molecular flexibility index (Phi) is 6.12. The Morgan fingerprint density at radius 2 is 1.97 bits per heavy atom. The Bertz CT molecular complexity index is 1170. The van der Waals surface area contributed by atoms with E-state index in [4.69, 9.17) is 18.0 Å². The molecule has 0 aliphatic carbocycles. The lowest BCUT2D eigenvalue weighted by Gasteiger charge is -2.20. The number of nitrogens with zero attached hydrogens (tertiary/aromatic N) is 5. The number of aromatic nitrogens is 3. The molecule has 158 valence electrons. The number of halogens is 3. The quantitative estimate of drug-likeness (QED) is 0.535. The highest BCUT2D eigenvalue weighted by Crippen LogP contribution is 2.30. The van der Waals surface area contributed by atoms with E-state index in [1.165, 1.54) is 18.2 Å². The van der Waals surface area contributed by atoms with Crippen LogP contribution in [0.3, 0.4) is 0 Å². The zero-order valence-corrected chi connectivity index (χ0v) is 17.7. The van der Waals surface area contributed by atoms with Crippen LogP contribution in [0.2, 0.25) is 5.02 Å². The van der Waals surface area contributed by atoms with Crippen molar-refractivity contribution in [3.8, 4) is 18.0 Å². The van der Waals surface area contributed by atoms with E-state index in [9.17, 15) is 8.78 Å². The topological polar surface area (TPSA) is 46.3 Å². The molecule has 8 heteroatoms. The maximum absolute atomic E-state index is 14.6. The number of terminal acetylenes is 1. The number of benzene rings is 2. The zero-order valence-electron chi connectivity index (χ0n) is 16.9. The van der Waals surface area contributed by atoms with Crippen LogP contribution in [-0.2, 0) is 13.1 Å². The maximum atomic E-state index is 14.6. The highest BCUT2D eigenvalue weighted by molar-refractivity contribution is 6.31. The fraction of sp³-hybridized carbons (Fsp3) is 0.261. The van der Waals surface area contributed by atoms with Crippen molar-refractivity contribution in [2.24, 2.45) is 4.99 Å². The summed E-state index contributed by atoms with van der Waals surface area (Å²) in [5.74, 6) is 2.54. The van der Waals surface area contributed by atoms with Crippen LogP contribution in [0.4, 0.5) is 8.78 Å². The molecule has 0 bridgehead atoms. The number of fused-ring (bicyclic) bond motifs is 3. The van der Waals surface area contributed by atoms with Gasteiger partial charge in [0.15, 0.2) is 11.6 Å². The smallest absolute Gasteiger partial charge is 0.159 e. The molecule has 2 aromatic carbocycles. The summed E-state index contributed by atoms with van der Waals surface area (Å²) in [6.07, 6.45) is 6.46. The van der Waals surface area contributed by atoms with Gasteiger partial charge in [-0.1, -0.05) is 30.5 Å². The number of hydrogen-bond acceptors (Lipinski definition) is 4. The molecule has 0 saturated heterocycles. The zero-order chi connectivity index (χ0) is 22.0. The molecule has 0 amide bonds. The fourth-order valence-electron chi connectivity index (χ4n) is 3.76. The van der Waals surface area contributed by atoms with Crippen molar-refractivity contribution in [1.29, 1.82) is 0 Å². The van der Waals surface area contributed by atoms with Gasteiger partial charge in [0.25, 0.3) is 0 Å². The Hall–Kier alpha value is -3.08. The van der Waals surface area contributed by atoms with Crippen LogP contribution in [0, 0.1) is 24.0 Å². The third-order valence-corrected chi connectivity index (χ3v) is 5.28. The van der Waals surface area contributed by atoms with Gasteiger partial charge in [-0.05, 0) is 43.3 Å². The molecular weight excluding hydrogens is 420 g/mol. The minimum Gasteiger partial charge on any atom is -0.285 e. The van der Waals surface area contributed by atoms with Crippen molar-refractivity contribution >= 4 is 17.3 Å². The molecule has 0 radical (unpaired) electrons. The van der Waals surface area contributed by atoms with Crippen molar-refractivity contribution in [1.82, 2.24) is 19.7 Å². The second kappa shape index (κ2) is 8.96. The second-order valence-corrected chi connectivity index (χ2v) is 7.64. The molecular formula is C23H20ClF2N5. The Morgan fingerprint density at radius 1 is 1.19 bits per heavy atom. The van der Waals surface area contributed by atoms with Gasteiger partial charge in [-0.2, -0.15) is 0 Å². The van der Waals surface area contributed by atoms with E-state index < -0.39 is 11.6 Å². The average Bonchev–Trinajstić information content (AvgIpc) is 3.05. The Balaban J connectivity index is 1.86. The minimum atomic E-state index is -0.689. The number of hydrogen-bond donors (Lipinski definition) is 0. The van der Waals surface area contributed by atoms with Crippen molar-refractivity contribution in [2.75, 3.05) is 13.1 Å². The molecule has 1 aliphatic rings. The Labute approximate surface area is 184 Å². The second-order valence-electron chi connectivity index (χ2n) is 7.21. The first-order valence-electron chi connectivity index (χ1n) is 9.91. The van der Waals surface area contributed by atoms with Crippen LogP contribution in [0.25, 0.3) is 5.69 Å². The number of rotatable bonds is 6. The highest BCUT2D eigenvalue weighted by atomic mass is 35.5. The van der Waals surface area contributed by atoms with Crippen LogP contribution in [0.1, 0.15) is 36.1 Å². The van der Waals surface area contributed by atoms with Crippen LogP contribution >= 0.6 is 11.6 Å². The summed E-state index contributed by atoms with van der Waals surface area (Å²) in [7, 11) is 0. The van der Waals surface area contributed by atoms with Crippen LogP contribution in [0.15, 0.2) is 41.4 Å². The highest BCUT2D eigenvalue weighted by Gasteiger charge is 2.26. The molecule has 1 aliphatic heterocycles. The maximum Gasteiger partial charge on any atom is 0.159 e. The summed E-state index contributed by atoms with van der Waals surface area (Å²) >= 11 is 6.26. The average molecular weight is 440 g/mol. The molecule has 4 rings (SSSR count). The van der Waals surface area contributed by atoms with Gasteiger partial charge < -0.3 is 0 Å². The van der Waals surface area contributed by atoms with E-state index in [0.717, 1.165) is 13.0 Å². The van der Waals surface area contributed by atoms with Gasteiger partial charge in [-0.25, -0.2) is 8.78 Å². The standard InChI is InChI=1S/C23H20ClF2N5/c1-3-10-30(11-4-2)14-21-29-28-20-13-27-23(22-17(25)6-5-7-18(22)26)16-12-15(24)8-9-19(16)31(20)21/h1,5-9,12H,4,10-11,13-14H2,2H3. The summed E-state index contributed by atoms with van der Waals surface area (Å²) in [4.78, 5) is 6.61. The van der Waals surface area contributed by atoms with Gasteiger partial charge in [-0.3, -0.25) is 14.5 Å². The van der Waals surface area contributed by atoms with E-state index in [0.29, 0.717) is 41.0 Å². The lowest BCUT2D eigenvalue weighted by molar-refractivity contribution is 0.290. The predicted molar refractivity (Wildman–Crippen MR) is 116 cm³/mol. The summed E-state index contributed by atoms with van der Waals surface area (Å²) in [5.41, 5.74) is 1.18. The lowest BCUT2D eigenvalue weighted by Crippen LogP contribution is -2.26. The van der Waals surface area contributed by atoms with E-state index in [-0.39, 0.29) is 17.8 Å². The molecule has 5 nitrogen and oxygen atoms in total. The van der Waals surface area contributed by atoms with Gasteiger partial charge in [0.1, 0.15) is 18.2 Å². The first-order valence-corrected chi connectivity index (χ1v) is 10.3. The summed E-state index contributed by atoms with van der Waals surface area (Å²) in [6.45, 7) is 3.96. The first-order chi connectivity index (χ1) is 15.0. The van der Waals surface area contributed by atoms with E-state index in [2.05, 4.69) is 32.9 Å². The van der Waals surface area contributed by atoms with Crippen molar-refractivity contribution in [3.05, 3.63) is 75.8 Å². The normalized spacial score (nSPS) is 12.7. The molecule has 0 unspecified atom stereocenters. The van der Waals surface area contributed by atoms with Gasteiger partial charge in [0, 0.05) is 10.6 Å². The van der Waals surface area contributed by atoms with Crippen LogP contribution in [0.5, 0.6) is 0 Å². The molecule has 0 fully saturated rings. The molecule has 31 heavy (non-hydrogen) atoms. The van der Waals surface area contributed by atoms with Crippen molar-refractivity contribution < 1.29 is 8.78 Å². The van der Waals surface area contributed by atoms with E-state index >= 15 is 0 Å². The van der Waals surface area contributed by atoms with Gasteiger partial charge >= 0.3 is 0 Å². The van der Waals surface area contributed by atoms with Crippen LogP contribution < -0.4 is 0 Å². The van der Waals surface area contributed by atoms with Crippen LogP contribution in [-0.4, -0.2) is 38.5 Å². The summed E-state index contributed by atoms with van der Waals surface area (Å²) in [6, 6.07) is 8.92. The van der Waals surface area contributed by atoms with Gasteiger partial charge in [-0.15, -0.1) is 16.6 Å². The molecule has 3 aromatic rings. The van der Waals surface area contributed by atoms with E-state index in [1.807, 2.05) is 4.57 Å². The molecule has 2 heterocycles. The van der Waals surface area contributed by atoms with Gasteiger partial charge in [0.05, 0.1) is 30.1 Å². The molecule has 0 atom stereocenters. The fourth-order valence-corrected chi connectivity index (χ4v) is 3.93. The molecule has 0 spiro atoms. The number of aliphatic imine (C=N–C) groups is 1. The lowest BCUT2D eigenvalue weighted by atomic mass is 9.99. The largest absolute Gasteiger partial charge is 0.285 e. The monoisotopic (exact) mass is 439 g/mol. The molecule has 0 saturated carbocycles. The SMILES string of the molecule is C#CCN(CCC)Cc1nnc2n1-c1ccc(Cl)cc1C(c1c(F)cccc1F)=NC2. The predicted octanol–water partition coefficient (Wildman–Crippen LogP) is 4.40. The van der Waals surface area contributed by atoms with Crippen molar-refractivity contribution in [3.63, 3.8) is 0 Å². The van der Waals surface area contributed by atoms with Gasteiger partial charge in [0.2, 0.25) is 0 Å². The molecule has 1 aromatic heterocycles. The molecule has 0 N–H and O–H groups in total. The summed E-state index contributed by atoms with van der Waals surface area (Å²) in [5, 5.41) is 9.07.